The van der Waals surface area contributed by atoms with E-state index in [1.165, 1.54) is 23.5 Å². The van der Waals surface area contributed by atoms with Crippen molar-refractivity contribution in [1.82, 2.24) is 9.71 Å². The largest absolute Gasteiger partial charge is 0.760 e. The molecule has 0 saturated carbocycles. The molecule has 0 radical (unpaired) electrons. The molecule has 2 aromatic carbocycles. The third-order valence-corrected chi connectivity index (χ3v) is 5.02. The van der Waals surface area contributed by atoms with E-state index in [1.54, 1.807) is 17.6 Å². The molecule has 26 heavy (non-hydrogen) atoms. The molecule has 136 valence electrons. The average molecular weight is 395 g/mol. The number of halogens is 2. The van der Waals surface area contributed by atoms with Gasteiger partial charge in [-0.1, -0.05) is 0 Å². The lowest BCUT2D eigenvalue weighted by molar-refractivity contribution is 0.103. The third-order valence-electron chi connectivity index (χ3n) is 3.79. The number of nitrogens with zero attached hydrogens (tertiary/aromatic N) is 1. The zero-order valence-corrected chi connectivity index (χ0v) is 15.0. The monoisotopic (exact) mass is 395 g/mol. The van der Waals surface area contributed by atoms with Crippen LogP contribution in [0.2, 0.25) is 0 Å². The Morgan fingerprint density at radius 3 is 2.85 bits per heavy atom. The molecule has 1 N–H and O–H groups in total. The van der Waals surface area contributed by atoms with Crippen LogP contribution in [0.1, 0.15) is 27.9 Å². The number of nitrogens with one attached hydrogen (secondary N) is 1. The maximum Gasteiger partial charge on any atom is 0.196 e. The van der Waals surface area contributed by atoms with E-state index in [0.717, 1.165) is 16.3 Å². The number of ketones is 1. The first kappa shape index (κ1) is 18.7. The zero-order valence-electron chi connectivity index (χ0n) is 13.3. The summed E-state index contributed by atoms with van der Waals surface area (Å²) < 4.78 is 51.9. The molecule has 1 atom stereocenters. The fraction of sp³-hybridized carbons (Fsp3) is 0.176. The van der Waals surface area contributed by atoms with Crippen LogP contribution < -0.4 is 4.72 Å². The summed E-state index contributed by atoms with van der Waals surface area (Å²) in [5, 5.41) is 0. The highest BCUT2D eigenvalue weighted by Crippen LogP contribution is 2.23. The lowest BCUT2D eigenvalue weighted by Crippen LogP contribution is -2.18. The quantitative estimate of drug-likeness (QED) is 0.379. The molecule has 3 aromatic rings. The highest BCUT2D eigenvalue weighted by atomic mass is 32.2. The number of hydrogen-bond donors (Lipinski definition) is 1. The van der Waals surface area contributed by atoms with E-state index in [-0.39, 0.29) is 17.7 Å². The topological polar surface area (TPSA) is 82.1 Å². The maximum atomic E-state index is 14.2. The Hall–Kier alpha value is -2.07. The predicted molar refractivity (Wildman–Crippen MR) is 94.7 cm³/mol. The minimum absolute atomic E-state index is 0.167. The van der Waals surface area contributed by atoms with E-state index in [1.807, 2.05) is 0 Å². The second kappa shape index (κ2) is 8.09. The number of carbonyl (C=O) groups is 1. The molecule has 0 aliphatic rings. The Kier molecular flexibility index (Phi) is 5.82. The van der Waals surface area contributed by atoms with Gasteiger partial charge in [-0.3, -0.25) is 9.00 Å². The fourth-order valence-corrected chi connectivity index (χ4v) is 3.58. The number of aryl methyl sites for hydroxylation is 1. The van der Waals surface area contributed by atoms with Crippen molar-refractivity contribution in [3.8, 4) is 0 Å². The number of thiazole rings is 1. The standard InChI is InChI=1S/C17H14F2N2O3S2/c18-13-7-10(2-1-5-21-26(23)24)6-12(16(13)19)17(22)11-3-4-14-15(8-11)25-9-20-14/h3-4,6-9,21H,1-2,5H2,(H,23,24)/p-1. The highest BCUT2D eigenvalue weighted by Gasteiger charge is 2.19. The van der Waals surface area contributed by atoms with Crippen molar-refractivity contribution >= 4 is 38.6 Å². The fourth-order valence-electron chi connectivity index (χ4n) is 2.55. The Bertz CT molecular complexity index is 991. The lowest BCUT2D eigenvalue weighted by Gasteiger charge is -2.09. The minimum atomic E-state index is -2.37. The second-order valence-electron chi connectivity index (χ2n) is 5.54. The van der Waals surface area contributed by atoms with Crippen LogP contribution in [0.4, 0.5) is 8.78 Å². The van der Waals surface area contributed by atoms with Crippen molar-refractivity contribution in [3.05, 3.63) is 64.2 Å². The summed E-state index contributed by atoms with van der Waals surface area (Å²) in [5.74, 6) is -2.91. The van der Waals surface area contributed by atoms with E-state index < -0.39 is 28.7 Å². The van der Waals surface area contributed by atoms with Crippen molar-refractivity contribution in [2.24, 2.45) is 0 Å². The van der Waals surface area contributed by atoms with Crippen molar-refractivity contribution in [2.75, 3.05) is 6.54 Å². The van der Waals surface area contributed by atoms with Gasteiger partial charge in [-0.25, -0.2) is 18.5 Å². The van der Waals surface area contributed by atoms with Crippen molar-refractivity contribution in [1.29, 1.82) is 0 Å². The van der Waals surface area contributed by atoms with Crippen molar-refractivity contribution in [3.63, 3.8) is 0 Å². The molecule has 5 nitrogen and oxygen atoms in total. The van der Waals surface area contributed by atoms with Gasteiger partial charge in [-0.15, -0.1) is 11.3 Å². The van der Waals surface area contributed by atoms with Gasteiger partial charge in [0, 0.05) is 23.4 Å². The molecule has 0 fully saturated rings. The molecule has 0 bridgehead atoms. The smallest absolute Gasteiger partial charge is 0.196 e. The van der Waals surface area contributed by atoms with Gasteiger partial charge in [-0.05, 0) is 48.7 Å². The van der Waals surface area contributed by atoms with Gasteiger partial charge >= 0.3 is 0 Å². The number of aromatic nitrogens is 1. The summed E-state index contributed by atoms with van der Waals surface area (Å²) >= 11 is -1.02. The van der Waals surface area contributed by atoms with Crippen molar-refractivity contribution in [2.45, 2.75) is 12.8 Å². The van der Waals surface area contributed by atoms with Crippen LogP contribution in [0, 0.1) is 11.6 Å². The van der Waals surface area contributed by atoms with Gasteiger partial charge in [-0.2, -0.15) is 0 Å². The van der Waals surface area contributed by atoms with Gasteiger partial charge in [0.15, 0.2) is 17.4 Å². The van der Waals surface area contributed by atoms with Gasteiger partial charge in [0.05, 0.1) is 21.3 Å². The maximum absolute atomic E-state index is 14.2. The molecule has 1 unspecified atom stereocenters. The summed E-state index contributed by atoms with van der Waals surface area (Å²) in [7, 11) is 0. The summed E-state index contributed by atoms with van der Waals surface area (Å²) in [6.07, 6.45) is 0.690. The van der Waals surface area contributed by atoms with Crippen LogP contribution in [-0.2, 0) is 17.7 Å². The van der Waals surface area contributed by atoms with Crippen LogP contribution in [0.25, 0.3) is 10.2 Å². The Labute approximate surface area is 154 Å². The zero-order chi connectivity index (χ0) is 18.7. The number of benzene rings is 2. The Balaban J connectivity index is 1.85. The highest BCUT2D eigenvalue weighted by molar-refractivity contribution is 7.77. The number of carbonyl (C=O) groups excluding carboxylic acids is 1. The Morgan fingerprint density at radius 1 is 1.27 bits per heavy atom. The van der Waals surface area contributed by atoms with E-state index in [9.17, 15) is 22.3 Å². The summed E-state index contributed by atoms with van der Waals surface area (Å²) in [6.45, 7) is 0.167. The van der Waals surface area contributed by atoms with E-state index in [0.29, 0.717) is 18.4 Å². The first-order chi connectivity index (χ1) is 12.5. The van der Waals surface area contributed by atoms with Gasteiger partial charge in [0.1, 0.15) is 0 Å². The summed E-state index contributed by atoms with van der Waals surface area (Å²) in [4.78, 5) is 16.8. The summed E-state index contributed by atoms with van der Waals surface area (Å²) in [6, 6.07) is 7.12. The molecular weight excluding hydrogens is 382 g/mol. The SMILES string of the molecule is O=C(c1ccc2ncsc2c1)c1cc(CCCNS(=O)[O-])cc(F)c1F. The normalized spacial score (nSPS) is 12.4. The molecule has 1 heterocycles. The molecule has 1 aromatic heterocycles. The Morgan fingerprint density at radius 2 is 2.08 bits per heavy atom. The van der Waals surface area contributed by atoms with Gasteiger partial charge in [0.25, 0.3) is 0 Å². The van der Waals surface area contributed by atoms with Crippen LogP contribution in [0.3, 0.4) is 0 Å². The molecule has 0 amide bonds. The molecule has 0 saturated heterocycles. The van der Waals surface area contributed by atoms with Crippen LogP contribution in [-0.4, -0.2) is 26.1 Å². The number of fused-ring (bicyclic) bond motifs is 1. The first-order valence-electron chi connectivity index (χ1n) is 7.64. The predicted octanol–water partition coefficient (Wildman–Crippen LogP) is 3.12. The number of hydrogen-bond acceptors (Lipinski definition) is 5. The van der Waals surface area contributed by atoms with Crippen LogP contribution in [0.15, 0.2) is 35.8 Å². The average Bonchev–Trinajstić information content (AvgIpc) is 3.08. The molecule has 0 spiro atoms. The van der Waals surface area contributed by atoms with Crippen LogP contribution in [0.5, 0.6) is 0 Å². The molecular formula is C17H13F2N2O3S2-. The van der Waals surface area contributed by atoms with E-state index in [4.69, 9.17) is 0 Å². The molecule has 0 aliphatic heterocycles. The molecule has 3 rings (SSSR count). The van der Waals surface area contributed by atoms with E-state index >= 15 is 0 Å². The molecule has 9 heteroatoms. The third kappa shape index (κ3) is 4.18. The number of rotatable bonds is 7. The lowest BCUT2D eigenvalue weighted by atomic mass is 9.98. The van der Waals surface area contributed by atoms with Gasteiger partial charge < -0.3 is 4.55 Å². The van der Waals surface area contributed by atoms with Gasteiger partial charge in [0.2, 0.25) is 0 Å². The van der Waals surface area contributed by atoms with E-state index in [2.05, 4.69) is 9.71 Å². The van der Waals surface area contributed by atoms with Crippen molar-refractivity contribution < 1.29 is 22.3 Å². The first-order valence-corrected chi connectivity index (χ1v) is 9.60. The second-order valence-corrected chi connectivity index (χ2v) is 7.18. The van der Waals surface area contributed by atoms with Crippen LogP contribution >= 0.6 is 11.3 Å². The summed E-state index contributed by atoms with van der Waals surface area (Å²) in [5.41, 5.74) is 2.70. The molecule has 0 aliphatic carbocycles. The minimum Gasteiger partial charge on any atom is -0.760 e.